The van der Waals surface area contributed by atoms with Gasteiger partial charge in [-0.1, -0.05) is 6.07 Å². The van der Waals surface area contributed by atoms with Crippen LogP contribution >= 0.6 is 0 Å². The Morgan fingerprint density at radius 3 is 1.78 bits per heavy atom. The van der Waals surface area contributed by atoms with E-state index in [-0.39, 0.29) is 0 Å². The highest BCUT2D eigenvalue weighted by Crippen LogP contribution is 2.06. The zero-order valence-corrected chi connectivity index (χ0v) is 11.4. The van der Waals surface area contributed by atoms with Gasteiger partial charge >= 0.3 is 0 Å². The molecule has 2 aromatic heterocycles. The quantitative estimate of drug-likeness (QED) is 0.746. The van der Waals surface area contributed by atoms with Crippen molar-refractivity contribution < 1.29 is 0 Å². The van der Waals surface area contributed by atoms with Crippen molar-refractivity contribution in [2.75, 3.05) is 11.5 Å². The first-order valence-electron chi connectivity index (χ1n) is 5.79. The monoisotopic (exact) mass is 244 g/mol. The largest absolute Gasteiger partial charge is 0.397 e. The molecule has 0 amide bonds. The molecule has 0 aliphatic rings. The van der Waals surface area contributed by atoms with Crippen LogP contribution in [0.5, 0.6) is 0 Å². The Hall–Kier alpha value is -2.10. The van der Waals surface area contributed by atoms with Crippen molar-refractivity contribution in [1.29, 1.82) is 0 Å². The summed E-state index contributed by atoms with van der Waals surface area (Å²) < 4.78 is 0. The van der Waals surface area contributed by atoms with Gasteiger partial charge in [-0.3, -0.25) is 4.98 Å². The molecule has 0 unspecified atom stereocenters. The smallest absolute Gasteiger partial charge is 0.126 e. The zero-order valence-electron chi connectivity index (χ0n) is 11.4. The molecule has 0 aromatic carbocycles. The molecule has 4 heteroatoms. The van der Waals surface area contributed by atoms with Gasteiger partial charge in [0.05, 0.1) is 11.4 Å². The lowest BCUT2D eigenvalue weighted by molar-refractivity contribution is 1.13. The Morgan fingerprint density at radius 2 is 1.33 bits per heavy atom. The second kappa shape index (κ2) is 6.00. The van der Waals surface area contributed by atoms with Crippen LogP contribution in [0.3, 0.4) is 0 Å². The second-order valence-corrected chi connectivity index (χ2v) is 4.28. The van der Waals surface area contributed by atoms with Crippen LogP contribution in [-0.4, -0.2) is 9.97 Å². The van der Waals surface area contributed by atoms with Crippen molar-refractivity contribution in [1.82, 2.24) is 9.97 Å². The molecule has 0 atom stereocenters. The van der Waals surface area contributed by atoms with E-state index in [4.69, 9.17) is 11.5 Å². The minimum atomic E-state index is 0.634. The van der Waals surface area contributed by atoms with Gasteiger partial charge in [-0.15, -0.1) is 0 Å². The van der Waals surface area contributed by atoms with Crippen LogP contribution in [0.1, 0.15) is 22.6 Å². The van der Waals surface area contributed by atoms with Crippen molar-refractivity contribution in [3.8, 4) is 0 Å². The molecule has 0 spiro atoms. The van der Waals surface area contributed by atoms with Crippen LogP contribution in [0.2, 0.25) is 0 Å². The highest BCUT2D eigenvalue weighted by Gasteiger charge is 1.92. The van der Waals surface area contributed by atoms with Gasteiger partial charge in [0.15, 0.2) is 0 Å². The number of aryl methyl sites for hydroxylation is 4. The molecule has 4 nitrogen and oxygen atoms in total. The van der Waals surface area contributed by atoms with Crippen LogP contribution < -0.4 is 11.5 Å². The Balaban J connectivity index is 0.000000180. The fraction of sp³-hybridized carbons (Fsp3) is 0.286. The van der Waals surface area contributed by atoms with Crippen molar-refractivity contribution in [3.05, 3.63) is 46.9 Å². The summed E-state index contributed by atoms with van der Waals surface area (Å²) in [6, 6.07) is 7.70. The highest BCUT2D eigenvalue weighted by molar-refractivity contribution is 5.42. The maximum Gasteiger partial charge on any atom is 0.126 e. The van der Waals surface area contributed by atoms with Crippen LogP contribution in [0.15, 0.2) is 24.3 Å². The topological polar surface area (TPSA) is 77.8 Å². The number of rotatable bonds is 0. The Bertz CT molecular complexity index is 486. The van der Waals surface area contributed by atoms with Crippen LogP contribution in [0.25, 0.3) is 0 Å². The van der Waals surface area contributed by atoms with Gasteiger partial charge in [0, 0.05) is 11.4 Å². The number of nitrogens with two attached hydrogens (primary N) is 2. The molecule has 0 radical (unpaired) electrons. The van der Waals surface area contributed by atoms with Crippen molar-refractivity contribution in [3.63, 3.8) is 0 Å². The summed E-state index contributed by atoms with van der Waals surface area (Å²) in [6.07, 6.45) is 0. The molecule has 2 heterocycles. The van der Waals surface area contributed by atoms with Crippen LogP contribution in [0.4, 0.5) is 11.5 Å². The molecule has 0 aliphatic heterocycles. The molecule has 0 aliphatic carbocycles. The Kier molecular flexibility index (Phi) is 4.66. The summed E-state index contributed by atoms with van der Waals surface area (Å²) >= 11 is 0. The fourth-order valence-corrected chi connectivity index (χ4v) is 1.34. The predicted molar refractivity (Wildman–Crippen MR) is 76.2 cm³/mol. The third-order valence-electron chi connectivity index (χ3n) is 2.54. The maximum absolute atomic E-state index is 5.53. The third-order valence-corrected chi connectivity index (χ3v) is 2.54. The fourth-order valence-electron chi connectivity index (χ4n) is 1.34. The van der Waals surface area contributed by atoms with Gasteiger partial charge in [-0.25, -0.2) is 4.98 Å². The van der Waals surface area contributed by atoms with E-state index in [2.05, 4.69) is 9.97 Å². The van der Waals surface area contributed by atoms with E-state index >= 15 is 0 Å². The summed E-state index contributed by atoms with van der Waals surface area (Å²) in [7, 11) is 0. The van der Waals surface area contributed by atoms with E-state index < -0.39 is 0 Å². The molecule has 0 saturated heterocycles. The summed E-state index contributed by atoms with van der Waals surface area (Å²) in [6.45, 7) is 7.73. The summed E-state index contributed by atoms with van der Waals surface area (Å²) in [5.41, 5.74) is 15.7. The summed E-state index contributed by atoms with van der Waals surface area (Å²) in [5.74, 6) is 0.634. The molecule has 0 fully saturated rings. The number of hydrogen-bond donors (Lipinski definition) is 2. The summed E-state index contributed by atoms with van der Waals surface area (Å²) in [5, 5.41) is 0. The first kappa shape index (κ1) is 14.0. The normalized spacial score (nSPS) is 9.56. The van der Waals surface area contributed by atoms with Crippen LogP contribution in [0, 0.1) is 27.7 Å². The van der Waals surface area contributed by atoms with E-state index in [0.29, 0.717) is 5.82 Å². The van der Waals surface area contributed by atoms with Gasteiger partial charge in [0.1, 0.15) is 5.82 Å². The van der Waals surface area contributed by atoms with Gasteiger partial charge in [-0.05, 0) is 51.5 Å². The average Bonchev–Trinajstić information content (AvgIpc) is 2.30. The minimum absolute atomic E-state index is 0.634. The van der Waals surface area contributed by atoms with Gasteiger partial charge in [0.2, 0.25) is 0 Å². The highest BCUT2D eigenvalue weighted by atomic mass is 14.8. The minimum Gasteiger partial charge on any atom is -0.397 e. The number of nitrogens with zero attached hydrogens (tertiary/aromatic N) is 2. The predicted octanol–water partition coefficient (Wildman–Crippen LogP) is 2.56. The van der Waals surface area contributed by atoms with Crippen molar-refractivity contribution in [2.45, 2.75) is 27.7 Å². The Labute approximate surface area is 108 Å². The van der Waals surface area contributed by atoms with Gasteiger partial charge in [-0.2, -0.15) is 0 Å². The number of nitrogen functional groups attached to an aromatic ring is 2. The number of pyridine rings is 2. The lowest BCUT2D eigenvalue weighted by Crippen LogP contribution is -1.94. The maximum atomic E-state index is 5.53. The molecule has 4 N–H and O–H groups in total. The van der Waals surface area contributed by atoms with E-state index in [1.54, 1.807) is 0 Å². The molecule has 18 heavy (non-hydrogen) atoms. The van der Waals surface area contributed by atoms with Crippen LogP contribution in [-0.2, 0) is 0 Å². The first-order valence-corrected chi connectivity index (χ1v) is 5.79. The van der Waals surface area contributed by atoms with Crippen molar-refractivity contribution >= 4 is 11.5 Å². The molecule has 2 rings (SSSR count). The SMILES string of the molecule is Cc1ccc(C)c(N)n1.Cc1ccc(N)c(C)n1. The molecule has 2 aromatic rings. The lowest BCUT2D eigenvalue weighted by Gasteiger charge is -1.97. The molecule has 96 valence electrons. The zero-order chi connectivity index (χ0) is 13.7. The molecular formula is C14H20N4. The molecule has 0 saturated carbocycles. The average molecular weight is 244 g/mol. The van der Waals surface area contributed by atoms with Gasteiger partial charge < -0.3 is 11.5 Å². The van der Waals surface area contributed by atoms with E-state index in [0.717, 1.165) is 28.3 Å². The number of anilines is 2. The van der Waals surface area contributed by atoms with Gasteiger partial charge in [0.25, 0.3) is 0 Å². The van der Waals surface area contributed by atoms with E-state index in [9.17, 15) is 0 Å². The summed E-state index contributed by atoms with van der Waals surface area (Å²) in [4.78, 5) is 8.20. The van der Waals surface area contributed by atoms with E-state index in [1.807, 2.05) is 52.0 Å². The second-order valence-electron chi connectivity index (χ2n) is 4.28. The molecular weight excluding hydrogens is 224 g/mol. The molecule has 0 bridgehead atoms. The standard InChI is InChI=1S/2C7H10N2/c1-5-3-4-7(8)6(2)9-5;1-5-3-4-6(2)9-7(5)8/h3-4H,8H2,1-2H3;3-4H,1-2H3,(H2,8,9). The number of aromatic nitrogens is 2. The van der Waals surface area contributed by atoms with Crippen molar-refractivity contribution in [2.24, 2.45) is 0 Å². The lowest BCUT2D eigenvalue weighted by atomic mass is 10.2. The first-order chi connectivity index (χ1) is 8.40. The van der Waals surface area contributed by atoms with E-state index in [1.165, 1.54) is 0 Å². The third kappa shape index (κ3) is 4.05. The number of hydrogen-bond acceptors (Lipinski definition) is 4. The Morgan fingerprint density at radius 1 is 0.778 bits per heavy atom.